The van der Waals surface area contributed by atoms with Crippen LogP contribution < -0.4 is 10.6 Å². The molecule has 2 N–H and O–H groups in total. The molecule has 4 nitrogen and oxygen atoms in total. The minimum atomic E-state index is -0.327. The van der Waals surface area contributed by atoms with Crippen molar-refractivity contribution in [2.75, 3.05) is 17.7 Å². The summed E-state index contributed by atoms with van der Waals surface area (Å²) < 4.78 is 14.7. The second-order valence-electron chi connectivity index (χ2n) is 3.84. The Morgan fingerprint density at radius 1 is 1.16 bits per heavy atom. The van der Waals surface area contributed by atoms with E-state index in [1.54, 1.807) is 13.1 Å². The number of hydrogen-bond donors (Lipinski definition) is 2. The van der Waals surface area contributed by atoms with Crippen molar-refractivity contribution in [3.63, 3.8) is 0 Å². The van der Waals surface area contributed by atoms with E-state index in [2.05, 4.69) is 52.5 Å². The average Bonchev–Trinajstić information content (AvgIpc) is 2.38. The standard InChI is InChI=1S/C12H11Br2FN4/c1-6-3-7(13)8(15)4-9(6)19-12-10(14)11(16-2)17-5-18-12/h3-5H,1-2H3,(H2,16,17,18,19). The van der Waals surface area contributed by atoms with Gasteiger partial charge in [-0.1, -0.05) is 0 Å². The van der Waals surface area contributed by atoms with Gasteiger partial charge < -0.3 is 10.6 Å². The largest absolute Gasteiger partial charge is 0.372 e. The SMILES string of the molecule is CNc1ncnc(Nc2cc(F)c(Br)cc2C)c1Br. The summed E-state index contributed by atoms with van der Waals surface area (Å²) in [7, 11) is 1.77. The minimum absolute atomic E-state index is 0.327. The fourth-order valence-corrected chi connectivity index (χ4v) is 2.50. The highest BCUT2D eigenvalue weighted by Gasteiger charge is 2.10. The van der Waals surface area contributed by atoms with Crippen LogP contribution in [0, 0.1) is 12.7 Å². The first-order chi connectivity index (χ1) is 9.02. The van der Waals surface area contributed by atoms with Crippen LogP contribution in [-0.4, -0.2) is 17.0 Å². The number of aryl methyl sites for hydroxylation is 1. The van der Waals surface area contributed by atoms with Crippen LogP contribution >= 0.6 is 31.9 Å². The molecule has 0 saturated carbocycles. The number of benzene rings is 1. The van der Waals surface area contributed by atoms with E-state index >= 15 is 0 Å². The zero-order valence-electron chi connectivity index (χ0n) is 10.3. The van der Waals surface area contributed by atoms with Crippen molar-refractivity contribution in [2.45, 2.75) is 6.92 Å². The third-order valence-corrected chi connectivity index (χ3v) is 3.91. The molecule has 0 saturated heterocycles. The molecule has 1 heterocycles. The van der Waals surface area contributed by atoms with Gasteiger partial charge in [0.15, 0.2) is 0 Å². The van der Waals surface area contributed by atoms with Crippen LogP contribution in [0.2, 0.25) is 0 Å². The van der Waals surface area contributed by atoms with E-state index in [0.717, 1.165) is 5.56 Å². The Bertz CT molecular complexity index is 619. The fourth-order valence-electron chi connectivity index (χ4n) is 1.54. The highest BCUT2D eigenvalue weighted by molar-refractivity contribution is 9.11. The zero-order chi connectivity index (χ0) is 14.0. The molecular formula is C12H11Br2FN4. The molecule has 1 aromatic carbocycles. The Morgan fingerprint density at radius 3 is 2.53 bits per heavy atom. The van der Waals surface area contributed by atoms with Gasteiger partial charge in [-0.3, -0.25) is 0 Å². The molecule has 1 aromatic heterocycles. The highest BCUT2D eigenvalue weighted by Crippen LogP contribution is 2.31. The summed E-state index contributed by atoms with van der Waals surface area (Å²) in [6.45, 7) is 1.89. The van der Waals surface area contributed by atoms with E-state index in [0.29, 0.717) is 26.3 Å². The van der Waals surface area contributed by atoms with Gasteiger partial charge >= 0.3 is 0 Å². The first-order valence-electron chi connectivity index (χ1n) is 5.44. The van der Waals surface area contributed by atoms with Crippen LogP contribution in [0.15, 0.2) is 27.4 Å². The van der Waals surface area contributed by atoms with Crippen molar-refractivity contribution in [1.29, 1.82) is 0 Å². The molecule has 100 valence electrons. The molecule has 0 spiro atoms. The van der Waals surface area contributed by atoms with Crippen molar-refractivity contribution in [1.82, 2.24) is 9.97 Å². The monoisotopic (exact) mass is 388 g/mol. The number of hydrogen-bond acceptors (Lipinski definition) is 4. The van der Waals surface area contributed by atoms with Crippen LogP contribution in [0.25, 0.3) is 0 Å². The van der Waals surface area contributed by atoms with Gasteiger partial charge in [0.05, 0.1) is 4.47 Å². The van der Waals surface area contributed by atoms with E-state index in [1.165, 1.54) is 12.4 Å². The lowest BCUT2D eigenvalue weighted by atomic mass is 10.2. The number of aromatic nitrogens is 2. The molecule has 0 aliphatic rings. The maximum Gasteiger partial charge on any atom is 0.150 e. The normalized spacial score (nSPS) is 10.4. The molecule has 0 aliphatic heterocycles. The predicted octanol–water partition coefficient (Wildman–Crippen LogP) is 4.23. The molecular weight excluding hydrogens is 379 g/mol. The number of rotatable bonds is 3. The summed E-state index contributed by atoms with van der Waals surface area (Å²) in [5, 5.41) is 6.02. The number of nitrogens with zero attached hydrogens (tertiary/aromatic N) is 2. The fraction of sp³-hybridized carbons (Fsp3) is 0.167. The highest BCUT2D eigenvalue weighted by atomic mass is 79.9. The van der Waals surface area contributed by atoms with Gasteiger partial charge in [0.2, 0.25) is 0 Å². The van der Waals surface area contributed by atoms with Gasteiger partial charge in [-0.05, 0) is 56.5 Å². The van der Waals surface area contributed by atoms with Crippen molar-refractivity contribution in [2.24, 2.45) is 0 Å². The number of halogens is 3. The minimum Gasteiger partial charge on any atom is -0.372 e. The molecule has 0 amide bonds. The Kier molecular flexibility index (Phi) is 4.36. The second kappa shape index (κ2) is 5.83. The summed E-state index contributed by atoms with van der Waals surface area (Å²) in [5.41, 5.74) is 1.56. The van der Waals surface area contributed by atoms with Crippen molar-refractivity contribution in [3.05, 3.63) is 38.8 Å². The van der Waals surface area contributed by atoms with E-state index in [-0.39, 0.29) is 5.82 Å². The predicted molar refractivity (Wildman–Crippen MR) is 81.4 cm³/mol. The molecule has 0 unspecified atom stereocenters. The lowest BCUT2D eigenvalue weighted by Gasteiger charge is -2.12. The van der Waals surface area contributed by atoms with Crippen LogP contribution in [0.1, 0.15) is 5.56 Å². The molecule has 0 radical (unpaired) electrons. The molecule has 19 heavy (non-hydrogen) atoms. The van der Waals surface area contributed by atoms with Gasteiger partial charge in [0, 0.05) is 12.7 Å². The Morgan fingerprint density at radius 2 is 1.84 bits per heavy atom. The topological polar surface area (TPSA) is 49.8 Å². The molecule has 7 heteroatoms. The number of anilines is 3. The van der Waals surface area contributed by atoms with Crippen LogP contribution in [-0.2, 0) is 0 Å². The Labute approximate surface area is 127 Å². The van der Waals surface area contributed by atoms with Gasteiger partial charge in [0.25, 0.3) is 0 Å². The molecule has 0 fully saturated rings. The maximum atomic E-state index is 13.6. The zero-order valence-corrected chi connectivity index (χ0v) is 13.4. The van der Waals surface area contributed by atoms with Gasteiger partial charge in [0.1, 0.15) is 28.3 Å². The first kappa shape index (κ1) is 14.2. The second-order valence-corrected chi connectivity index (χ2v) is 5.49. The van der Waals surface area contributed by atoms with Crippen LogP contribution in [0.4, 0.5) is 21.7 Å². The lowest BCUT2D eigenvalue weighted by molar-refractivity contribution is 0.621. The third kappa shape index (κ3) is 3.03. The molecule has 0 bridgehead atoms. The van der Waals surface area contributed by atoms with E-state index in [1.807, 2.05) is 6.92 Å². The summed E-state index contributed by atoms with van der Waals surface area (Å²) in [5.74, 6) is 0.907. The van der Waals surface area contributed by atoms with Crippen molar-refractivity contribution in [3.8, 4) is 0 Å². The molecule has 0 aliphatic carbocycles. The van der Waals surface area contributed by atoms with Crippen molar-refractivity contribution < 1.29 is 4.39 Å². The van der Waals surface area contributed by atoms with Gasteiger partial charge in [-0.25, -0.2) is 14.4 Å². The average molecular weight is 390 g/mol. The molecule has 2 aromatic rings. The summed E-state index contributed by atoms with van der Waals surface area (Å²) in [4.78, 5) is 8.19. The Balaban J connectivity index is 2.39. The van der Waals surface area contributed by atoms with Gasteiger partial charge in [-0.15, -0.1) is 0 Å². The summed E-state index contributed by atoms with van der Waals surface area (Å²) >= 11 is 6.56. The smallest absolute Gasteiger partial charge is 0.150 e. The number of nitrogens with one attached hydrogen (secondary N) is 2. The first-order valence-corrected chi connectivity index (χ1v) is 7.02. The molecule has 0 atom stereocenters. The van der Waals surface area contributed by atoms with Gasteiger partial charge in [-0.2, -0.15) is 0 Å². The quantitative estimate of drug-likeness (QED) is 0.824. The third-order valence-electron chi connectivity index (χ3n) is 2.55. The van der Waals surface area contributed by atoms with Crippen molar-refractivity contribution >= 4 is 49.2 Å². The van der Waals surface area contributed by atoms with E-state index < -0.39 is 0 Å². The van der Waals surface area contributed by atoms with Crippen LogP contribution in [0.5, 0.6) is 0 Å². The summed E-state index contributed by atoms with van der Waals surface area (Å²) in [6, 6.07) is 3.14. The lowest BCUT2D eigenvalue weighted by Crippen LogP contribution is -2.02. The van der Waals surface area contributed by atoms with E-state index in [4.69, 9.17) is 0 Å². The maximum absolute atomic E-state index is 13.6. The van der Waals surface area contributed by atoms with E-state index in [9.17, 15) is 4.39 Å². The Hall–Kier alpha value is -1.21. The molecule has 2 rings (SSSR count). The van der Waals surface area contributed by atoms with Crippen LogP contribution in [0.3, 0.4) is 0 Å². The summed E-state index contributed by atoms with van der Waals surface area (Å²) in [6.07, 6.45) is 1.43.